The number of nitrogens with zero attached hydrogens (tertiary/aromatic N) is 4. The molecule has 1 amide bonds. The summed E-state index contributed by atoms with van der Waals surface area (Å²) in [7, 11) is 5.59. The number of carbonyl (C=O) groups excluding carboxylic acids is 1. The van der Waals surface area contributed by atoms with Crippen LogP contribution in [0.5, 0.6) is 5.75 Å². The number of ether oxygens (including phenoxy) is 1. The van der Waals surface area contributed by atoms with Crippen LogP contribution in [0.25, 0.3) is 0 Å². The molecule has 2 aromatic carbocycles. The van der Waals surface area contributed by atoms with Gasteiger partial charge in [0.2, 0.25) is 5.95 Å². The highest BCUT2D eigenvalue weighted by atomic mass is 16.5. The third-order valence-electron chi connectivity index (χ3n) is 5.11. The second-order valence-electron chi connectivity index (χ2n) is 7.26. The predicted molar refractivity (Wildman–Crippen MR) is 117 cm³/mol. The highest BCUT2D eigenvalue weighted by Crippen LogP contribution is 2.35. The molecule has 8 heteroatoms. The van der Waals surface area contributed by atoms with Gasteiger partial charge >= 0.3 is 0 Å². The third kappa shape index (κ3) is 3.59. The summed E-state index contributed by atoms with van der Waals surface area (Å²) in [5.41, 5.74) is 4.04. The van der Waals surface area contributed by atoms with Crippen molar-refractivity contribution in [1.82, 2.24) is 14.8 Å². The molecule has 1 aliphatic rings. The van der Waals surface area contributed by atoms with Crippen LogP contribution in [0.4, 0.5) is 17.3 Å². The van der Waals surface area contributed by atoms with E-state index < -0.39 is 6.04 Å². The molecule has 30 heavy (non-hydrogen) atoms. The predicted octanol–water partition coefficient (Wildman–Crippen LogP) is 3.28. The van der Waals surface area contributed by atoms with E-state index in [9.17, 15) is 4.79 Å². The van der Waals surface area contributed by atoms with Gasteiger partial charge in [-0.3, -0.25) is 4.79 Å². The number of rotatable bonds is 5. The average molecular weight is 404 g/mol. The summed E-state index contributed by atoms with van der Waals surface area (Å²) >= 11 is 0. The highest BCUT2D eigenvalue weighted by Gasteiger charge is 2.33. The van der Waals surface area contributed by atoms with Crippen LogP contribution in [-0.4, -0.2) is 41.9 Å². The largest absolute Gasteiger partial charge is 0.497 e. The maximum atomic E-state index is 13.3. The van der Waals surface area contributed by atoms with Gasteiger partial charge in [-0.25, -0.2) is 4.68 Å². The molecule has 0 fully saturated rings. The van der Waals surface area contributed by atoms with E-state index in [1.54, 1.807) is 11.8 Å². The lowest BCUT2D eigenvalue weighted by atomic mass is 9.94. The molecule has 3 aromatic rings. The molecule has 0 aliphatic carbocycles. The van der Waals surface area contributed by atoms with E-state index in [0.29, 0.717) is 17.2 Å². The number of carbonyl (C=O) groups is 1. The number of aromatic nitrogens is 3. The zero-order chi connectivity index (χ0) is 21.3. The fourth-order valence-corrected chi connectivity index (χ4v) is 3.52. The standard InChI is InChI=1S/C22H24N6O2/c1-14-19(21(29)26-16-7-11-18(30-4)12-8-16)20(28-22(25-14)23-13-24-28)15-5-9-17(10-6-15)27(2)3/h5-13,20H,1-4H3,(H,26,29)(H,23,24,25)/t20-/m0/s1. The van der Waals surface area contributed by atoms with E-state index in [1.807, 2.05) is 74.4 Å². The smallest absolute Gasteiger partial charge is 0.255 e. The van der Waals surface area contributed by atoms with Crippen LogP contribution in [0, 0.1) is 0 Å². The number of allylic oxidation sites excluding steroid dienone is 1. The number of hydrogen-bond donors (Lipinski definition) is 2. The molecular weight excluding hydrogens is 380 g/mol. The van der Waals surface area contributed by atoms with Crippen LogP contribution in [0.2, 0.25) is 0 Å². The molecule has 1 aliphatic heterocycles. The molecule has 8 nitrogen and oxygen atoms in total. The van der Waals surface area contributed by atoms with Crippen molar-refractivity contribution in [1.29, 1.82) is 0 Å². The first-order valence-corrected chi connectivity index (χ1v) is 9.58. The minimum Gasteiger partial charge on any atom is -0.497 e. The van der Waals surface area contributed by atoms with Crippen molar-refractivity contribution in [3.05, 3.63) is 71.7 Å². The first-order chi connectivity index (χ1) is 14.5. The number of fused-ring (bicyclic) bond motifs is 1. The number of anilines is 3. The van der Waals surface area contributed by atoms with Crippen molar-refractivity contribution in [2.24, 2.45) is 0 Å². The summed E-state index contributed by atoms with van der Waals surface area (Å²) in [4.78, 5) is 19.6. The first-order valence-electron chi connectivity index (χ1n) is 9.58. The maximum Gasteiger partial charge on any atom is 0.255 e. The number of benzene rings is 2. The summed E-state index contributed by atoms with van der Waals surface area (Å²) in [5.74, 6) is 1.14. The van der Waals surface area contributed by atoms with Gasteiger partial charge in [0.1, 0.15) is 18.1 Å². The molecule has 1 atom stereocenters. The van der Waals surface area contributed by atoms with E-state index in [4.69, 9.17) is 4.74 Å². The summed E-state index contributed by atoms with van der Waals surface area (Å²) in [5, 5.41) is 10.5. The van der Waals surface area contributed by atoms with E-state index in [0.717, 1.165) is 22.7 Å². The highest BCUT2D eigenvalue weighted by molar-refractivity contribution is 6.06. The van der Waals surface area contributed by atoms with Crippen molar-refractivity contribution in [2.45, 2.75) is 13.0 Å². The van der Waals surface area contributed by atoms with E-state index in [2.05, 4.69) is 20.7 Å². The van der Waals surface area contributed by atoms with Gasteiger partial charge in [-0.2, -0.15) is 10.1 Å². The molecule has 0 saturated heterocycles. The Morgan fingerprint density at radius 1 is 1.13 bits per heavy atom. The third-order valence-corrected chi connectivity index (χ3v) is 5.11. The van der Waals surface area contributed by atoms with Crippen LogP contribution in [0.15, 0.2) is 66.1 Å². The van der Waals surface area contributed by atoms with Crippen molar-refractivity contribution < 1.29 is 9.53 Å². The first kappa shape index (κ1) is 19.5. The van der Waals surface area contributed by atoms with E-state index in [-0.39, 0.29) is 5.91 Å². The summed E-state index contributed by atoms with van der Waals surface area (Å²) < 4.78 is 6.92. The monoisotopic (exact) mass is 404 g/mol. The minimum atomic E-state index is -0.391. The molecule has 0 unspecified atom stereocenters. The Hall–Kier alpha value is -3.81. The van der Waals surface area contributed by atoms with Gasteiger partial charge in [-0.05, 0) is 48.9 Å². The zero-order valence-electron chi connectivity index (χ0n) is 17.4. The Labute approximate surface area is 175 Å². The fraction of sp³-hybridized carbons (Fsp3) is 0.227. The minimum absolute atomic E-state index is 0.201. The maximum absolute atomic E-state index is 13.3. The average Bonchev–Trinajstić information content (AvgIpc) is 3.21. The van der Waals surface area contributed by atoms with Gasteiger partial charge in [-0.15, -0.1) is 0 Å². The number of methoxy groups -OCH3 is 1. The van der Waals surface area contributed by atoms with Crippen LogP contribution in [0.1, 0.15) is 18.5 Å². The van der Waals surface area contributed by atoms with E-state index >= 15 is 0 Å². The van der Waals surface area contributed by atoms with Crippen LogP contribution in [-0.2, 0) is 4.79 Å². The Morgan fingerprint density at radius 3 is 2.47 bits per heavy atom. The molecule has 0 bridgehead atoms. The van der Waals surface area contributed by atoms with Gasteiger partial charge in [0, 0.05) is 31.2 Å². The SMILES string of the molecule is COc1ccc(NC(=O)C2=C(C)Nc3ncnn3[C@H]2c2ccc(N(C)C)cc2)cc1. The quantitative estimate of drug-likeness (QED) is 0.679. The fourth-order valence-electron chi connectivity index (χ4n) is 3.52. The molecular formula is C22H24N6O2. The topological polar surface area (TPSA) is 84.3 Å². The molecule has 0 spiro atoms. The van der Waals surface area contributed by atoms with Crippen molar-refractivity contribution in [2.75, 3.05) is 36.7 Å². The van der Waals surface area contributed by atoms with Gasteiger partial charge in [-0.1, -0.05) is 12.1 Å². The number of hydrogen-bond acceptors (Lipinski definition) is 6. The van der Waals surface area contributed by atoms with Crippen LogP contribution < -0.4 is 20.3 Å². The van der Waals surface area contributed by atoms with Crippen molar-refractivity contribution in [3.63, 3.8) is 0 Å². The van der Waals surface area contributed by atoms with Gasteiger partial charge in [0.25, 0.3) is 5.91 Å². The molecule has 0 saturated carbocycles. The summed E-state index contributed by atoms with van der Waals surface area (Å²) in [6, 6.07) is 14.9. The second kappa shape index (κ2) is 7.90. The second-order valence-corrected chi connectivity index (χ2v) is 7.26. The van der Waals surface area contributed by atoms with Crippen LogP contribution in [0.3, 0.4) is 0 Å². The van der Waals surface area contributed by atoms with Crippen molar-refractivity contribution >= 4 is 23.2 Å². The molecule has 2 N–H and O–H groups in total. The van der Waals surface area contributed by atoms with Gasteiger partial charge in [0.15, 0.2) is 0 Å². The molecule has 2 heterocycles. The molecule has 1 aromatic heterocycles. The molecule has 154 valence electrons. The lowest BCUT2D eigenvalue weighted by molar-refractivity contribution is -0.113. The Morgan fingerprint density at radius 2 is 1.83 bits per heavy atom. The molecule has 4 rings (SSSR count). The lowest BCUT2D eigenvalue weighted by Gasteiger charge is -2.29. The van der Waals surface area contributed by atoms with Gasteiger partial charge < -0.3 is 20.3 Å². The Kier molecular flexibility index (Phi) is 5.14. The molecule has 0 radical (unpaired) electrons. The van der Waals surface area contributed by atoms with Gasteiger partial charge in [0.05, 0.1) is 12.7 Å². The van der Waals surface area contributed by atoms with Crippen molar-refractivity contribution in [3.8, 4) is 5.75 Å². The normalized spacial score (nSPS) is 15.3. The number of amides is 1. The Bertz CT molecular complexity index is 1080. The van der Waals surface area contributed by atoms with Crippen LogP contribution >= 0.6 is 0 Å². The summed E-state index contributed by atoms with van der Waals surface area (Å²) in [6.45, 7) is 1.88. The Balaban J connectivity index is 1.70. The lowest BCUT2D eigenvalue weighted by Crippen LogP contribution is -2.31. The number of nitrogens with one attached hydrogen (secondary N) is 2. The van der Waals surface area contributed by atoms with E-state index in [1.165, 1.54) is 6.33 Å². The summed E-state index contributed by atoms with van der Waals surface area (Å²) in [6.07, 6.45) is 1.49. The zero-order valence-corrected chi connectivity index (χ0v) is 17.4.